The molecule has 0 aromatic carbocycles. The van der Waals surface area contributed by atoms with Gasteiger partial charge in [-0.25, -0.2) is 9.78 Å². The molecule has 0 aliphatic carbocycles. The molecule has 0 saturated carbocycles. The number of H-pyrrole nitrogens is 1. The van der Waals surface area contributed by atoms with Gasteiger partial charge in [0.1, 0.15) is 18.1 Å². The molecule has 0 bridgehead atoms. The molecule has 0 fully saturated rings. The lowest BCUT2D eigenvalue weighted by Crippen LogP contribution is -2.58. The van der Waals surface area contributed by atoms with Gasteiger partial charge in [0.2, 0.25) is 23.6 Å². The van der Waals surface area contributed by atoms with E-state index in [1.807, 2.05) is 0 Å². The Bertz CT molecular complexity index is 937. The Kier molecular flexibility index (Phi) is 12.7. The number of carboxylic acids is 1. The van der Waals surface area contributed by atoms with E-state index in [1.165, 1.54) is 12.5 Å². The Morgan fingerprint density at radius 3 is 2.17 bits per heavy atom. The monoisotopic (exact) mass is 528 g/mol. The highest BCUT2D eigenvalue weighted by Gasteiger charge is 2.30. The van der Waals surface area contributed by atoms with Gasteiger partial charge in [-0.1, -0.05) is 0 Å². The first-order valence-electron chi connectivity index (χ1n) is 10.8. The number of rotatable bonds is 16. The number of carbonyl (C=O) groups is 5. The number of nitrogens with two attached hydrogens (primary N) is 4. The zero-order valence-electron chi connectivity index (χ0n) is 19.3. The second kappa shape index (κ2) is 15.2. The van der Waals surface area contributed by atoms with Crippen LogP contribution >= 0.6 is 12.6 Å². The molecule has 4 atom stereocenters. The van der Waals surface area contributed by atoms with Crippen LogP contribution in [0.25, 0.3) is 0 Å². The van der Waals surface area contributed by atoms with Crippen molar-refractivity contribution in [3.05, 3.63) is 18.2 Å². The number of aromatic amines is 1. The molecular weight excluding hydrogens is 496 g/mol. The predicted octanol–water partition coefficient (Wildman–Crippen LogP) is -4.32. The molecule has 36 heavy (non-hydrogen) atoms. The first-order chi connectivity index (χ1) is 16.9. The van der Waals surface area contributed by atoms with Gasteiger partial charge < -0.3 is 49.0 Å². The van der Waals surface area contributed by atoms with E-state index < -0.39 is 60.2 Å². The SMILES string of the molecule is NC(=O)CC(NC(=O)C(N)Cc1cnc[nH]1)C(=O)NC(CS)C(=O)NC(CCCN=C(N)N)C(=O)O. The lowest BCUT2D eigenvalue weighted by Gasteiger charge is -2.24. The second-order valence-electron chi connectivity index (χ2n) is 7.71. The number of aliphatic imine (C=N–C) groups is 1. The van der Waals surface area contributed by atoms with Crippen LogP contribution in [0.1, 0.15) is 25.0 Å². The number of primary amides is 1. The smallest absolute Gasteiger partial charge is 0.326 e. The van der Waals surface area contributed by atoms with Gasteiger partial charge in [-0.15, -0.1) is 0 Å². The fourth-order valence-corrected chi connectivity index (χ4v) is 3.17. The summed E-state index contributed by atoms with van der Waals surface area (Å²) in [5.41, 5.74) is 22.0. The number of thiol groups is 1. The third-order valence-corrected chi connectivity index (χ3v) is 5.11. The number of aliphatic carboxylic acids is 1. The van der Waals surface area contributed by atoms with Crippen molar-refractivity contribution in [2.45, 2.75) is 49.9 Å². The summed E-state index contributed by atoms with van der Waals surface area (Å²) in [4.78, 5) is 71.1. The minimum atomic E-state index is -1.44. The highest BCUT2D eigenvalue weighted by atomic mass is 32.1. The average Bonchev–Trinajstić information content (AvgIpc) is 3.30. The maximum Gasteiger partial charge on any atom is 0.326 e. The maximum atomic E-state index is 12.8. The highest BCUT2D eigenvalue weighted by molar-refractivity contribution is 7.80. The fourth-order valence-electron chi connectivity index (χ4n) is 2.91. The first-order valence-corrected chi connectivity index (χ1v) is 11.4. The van der Waals surface area contributed by atoms with Gasteiger partial charge in [0.05, 0.1) is 18.8 Å². The minimum absolute atomic E-state index is 0.0136. The lowest BCUT2D eigenvalue weighted by molar-refractivity contribution is -0.142. The Hall–Kier alpha value is -3.86. The third kappa shape index (κ3) is 11.0. The molecule has 1 rings (SSSR count). The number of hydrogen-bond acceptors (Lipinski definition) is 9. The summed E-state index contributed by atoms with van der Waals surface area (Å²) in [6.45, 7) is 0.158. The Balaban J connectivity index is 2.79. The van der Waals surface area contributed by atoms with E-state index in [4.69, 9.17) is 22.9 Å². The maximum absolute atomic E-state index is 12.8. The molecular formula is C19H32N10O6S. The van der Waals surface area contributed by atoms with Crippen molar-refractivity contribution in [1.29, 1.82) is 0 Å². The molecule has 0 radical (unpaired) electrons. The van der Waals surface area contributed by atoms with Crippen molar-refractivity contribution < 1.29 is 29.1 Å². The van der Waals surface area contributed by atoms with Crippen LogP contribution in [0.15, 0.2) is 17.5 Å². The van der Waals surface area contributed by atoms with E-state index in [-0.39, 0.29) is 37.5 Å². The summed E-state index contributed by atoms with van der Waals surface area (Å²) in [5, 5.41) is 16.3. The summed E-state index contributed by atoms with van der Waals surface area (Å²) in [5.74, 6) is -5.06. The number of amides is 4. The molecule has 4 unspecified atom stereocenters. The quantitative estimate of drug-likeness (QED) is 0.0426. The zero-order valence-corrected chi connectivity index (χ0v) is 20.2. The van der Waals surface area contributed by atoms with Gasteiger partial charge in [0.15, 0.2) is 5.96 Å². The number of guanidine groups is 1. The largest absolute Gasteiger partial charge is 0.480 e. The molecule has 0 spiro atoms. The fraction of sp³-hybridized carbons (Fsp3) is 0.526. The van der Waals surface area contributed by atoms with Crippen molar-refractivity contribution in [3.8, 4) is 0 Å². The molecule has 0 aliphatic rings. The third-order valence-electron chi connectivity index (χ3n) is 4.75. The second-order valence-corrected chi connectivity index (χ2v) is 8.08. The molecule has 1 aromatic rings. The minimum Gasteiger partial charge on any atom is -0.480 e. The summed E-state index contributed by atoms with van der Waals surface area (Å²) < 4.78 is 0. The van der Waals surface area contributed by atoms with Gasteiger partial charge in [-0.2, -0.15) is 12.6 Å². The zero-order chi connectivity index (χ0) is 27.3. The number of carboxylic acid groups (broad SMARTS) is 1. The molecule has 0 aliphatic heterocycles. The molecule has 4 amide bonds. The Morgan fingerprint density at radius 2 is 1.64 bits per heavy atom. The summed E-state index contributed by atoms with van der Waals surface area (Å²) in [7, 11) is 0. The molecule has 16 nitrogen and oxygen atoms in total. The first kappa shape index (κ1) is 30.2. The van der Waals surface area contributed by atoms with E-state index in [1.54, 1.807) is 0 Å². The number of aromatic nitrogens is 2. The molecule has 1 aromatic heterocycles. The van der Waals surface area contributed by atoms with Crippen LogP contribution in [0.3, 0.4) is 0 Å². The molecule has 17 heteroatoms. The number of carbonyl (C=O) groups excluding carboxylic acids is 4. The standard InChI is InChI=1S/C19H32N10O6S/c20-10(4-9-6-24-8-26-9)15(31)28-12(5-14(21)30)16(32)29-13(7-36)17(33)27-11(18(34)35)2-1-3-25-19(22)23/h6,8,10-13,36H,1-5,7,20H2,(H2,21,30)(H,24,26)(H,27,33)(H,28,31)(H,29,32)(H,34,35)(H4,22,23,25). The summed E-state index contributed by atoms with van der Waals surface area (Å²) in [6.07, 6.45) is 2.67. The summed E-state index contributed by atoms with van der Waals surface area (Å²) in [6, 6.07) is -5.08. The van der Waals surface area contributed by atoms with Crippen LogP contribution in [0.5, 0.6) is 0 Å². The number of nitrogens with zero attached hydrogens (tertiary/aromatic N) is 2. The van der Waals surface area contributed by atoms with E-state index in [0.29, 0.717) is 5.69 Å². The van der Waals surface area contributed by atoms with Gasteiger partial charge >= 0.3 is 5.97 Å². The van der Waals surface area contributed by atoms with Crippen LogP contribution < -0.4 is 38.9 Å². The highest BCUT2D eigenvalue weighted by Crippen LogP contribution is 2.03. The van der Waals surface area contributed by atoms with Crippen molar-refractivity contribution in [2.75, 3.05) is 12.3 Å². The van der Waals surface area contributed by atoms with E-state index >= 15 is 0 Å². The van der Waals surface area contributed by atoms with E-state index in [2.05, 4.69) is 43.5 Å². The number of imidazole rings is 1. The van der Waals surface area contributed by atoms with Crippen LogP contribution in [-0.2, 0) is 30.4 Å². The molecule has 200 valence electrons. The molecule has 1 heterocycles. The van der Waals surface area contributed by atoms with Gasteiger partial charge in [-0.05, 0) is 12.8 Å². The van der Waals surface area contributed by atoms with Crippen molar-refractivity contribution in [3.63, 3.8) is 0 Å². The van der Waals surface area contributed by atoms with Gasteiger partial charge in [-0.3, -0.25) is 24.2 Å². The number of hydrogen-bond donors (Lipinski definition) is 10. The predicted molar refractivity (Wildman–Crippen MR) is 131 cm³/mol. The topological polar surface area (TPSA) is 287 Å². The molecule has 0 saturated heterocycles. The van der Waals surface area contributed by atoms with Crippen LogP contribution in [0.2, 0.25) is 0 Å². The van der Waals surface area contributed by atoms with Crippen molar-refractivity contribution in [1.82, 2.24) is 25.9 Å². The number of nitrogens with one attached hydrogen (secondary N) is 4. The van der Waals surface area contributed by atoms with Gasteiger partial charge in [0, 0.05) is 30.6 Å². The van der Waals surface area contributed by atoms with Gasteiger partial charge in [0.25, 0.3) is 0 Å². The van der Waals surface area contributed by atoms with E-state index in [9.17, 15) is 29.1 Å². The Morgan fingerprint density at radius 1 is 1.03 bits per heavy atom. The Labute approximate surface area is 211 Å². The lowest BCUT2D eigenvalue weighted by atomic mass is 10.1. The van der Waals surface area contributed by atoms with Crippen molar-refractivity contribution in [2.24, 2.45) is 27.9 Å². The van der Waals surface area contributed by atoms with Crippen LogP contribution in [0, 0.1) is 0 Å². The summed E-state index contributed by atoms with van der Waals surface area (Å²) >= 11 is 4.03. The van der Waals surface area contributed by atoms with E-state index in [0.717, 1.165) is 0 Å². The van der Waals surface area contributed by atoms with Crippen LogP contribution in [-0.4, -0.2) is 87.1 Å². The normalized spacial score (nSPS) is 13.9. The average molecular weight is 529 g/mol. The van der Waals surface area contributed by atoms with Crippen molar-refractivity contribution >= 4 is 48.2 Å². The van der Waals surface area contributed by atoms with Crippen LogP contribution in [0.4, 0.5) is 0 Å². The molecule has 13 N–H and O–H groups in total.